The van der Waals surface area contributed by atoms with Gasteiger partial charge in [0.05, 0.1) is 11.6 Å². The second-order valence-electron chi connectivity index (χ2n) is 5.90. The first kappa shape index (κ1) is 16.6. The van der Waals surface area contributed by atoms with Crippen molar-refractivity contribution in [2.24, 2.45) is 5.92 Å². The number of halogens is 2. The van der Waals surface area contributed by atoms with Crippen LogP contribution < -0.4 is 10.2 Å². The van der Waals surface area contributed by atoms with E-state index >= 15 is 0 Å². The highest BCUT2D eigenvalue weighted by atomic mass is 79.9. The molecule has 1 aliphatic heterocycles. The Balaban J connectivity index is 1.39. The first-order valence-corrected chi connectivity index (χ1v) is 8.72. The topological polar surface area (TPSA) is 75.9 Å². The highest BCUT2D eigenvalue weighted by Crippen LogP contribution is 2.26. The van der Waals surface area contributed by atoms with Gasteiger partial charge in [-0.25, -0.2) is 19.0 Å². The van der Waals surface area contributed by atoms with E-state index in [0.29, 0.717) is 23.4 Å². The smallest absolute Gasteiger partial charge is 0.231 e. The largest absolute Gasteiger partial charge is 0.355 e. The van der Waals surface area contributed by atoms with Crippen LogP contribution in [0, 0.1) is 11.7 Å². The molecule has 1 N–H and O–H groups in total. The minimum absolute atomic E-state index is 0.180. The second-order valence-corrected chi connectivity index (χ2v) is 6.82. The minimum Gasteiger partial charge on any atom is -0.355 e. The molecule has 1 aromatic carbocycles. The average molecular weight is 417 g/mol. The maximum absolute atomic E-state index is 13.8. The van der Waals surface area contributed by atoms with E-state index in [2.05, 4.69) is 36.3 Å². The quantitative estimate of drug-likeness (QED) is 0.707. The molecule has 1 aliphatic rings. The minimum atomic E-state index is -0.469. The third kappa shape index (κ3) is 3.30. The van der Waals surface area contributed by atoms with Gasteiger partial charge in [-0.1, -0.05) is 15.9 Å². The number of carbonyl (C=O) groups is 1. The van der Waals surface area contributed by atoms with E-state index in [1.807, 2.05) is 17.0 Å². The first-order chi connectivity index (χ1) is 12.6. The van der Waals surface area contributed by atoms with Gasteiger partial charge in [0.1, 0.15) is 18.0 Å². The van der Waals surface area contributed by atoms with Crippen LogP contribution in [0.4, 0.5) is 15.9 Å². The van der Waals surface area contributed by atoms with Gasteiger partial charge in [0.2, 0.25) is 5.91 Å². The van der Waals surface area contributed by atoms with Gasteiger partial charge in [0.25, 0.3) is 0 Å². The molecule has 3 heterocycles. The summed E-state index contributed by atoms with van der Waals surface area (Å²) >= 11 is 3.19. The summed E-state index contributed by atoms with van der Waals surface area (Å²) in [5.41, 5.74) is 0.180. The van der Waals surface area contributed by atoms with Crippen LogP contribution in [0.15, 0.2) is 53.5 Å². The third-order valence-corrected chi connectivity index (χ3v) is 4.64. The van der Waals surface area contributed by atoms with Gasteiger partial charge in [0, 0.05) is 36.0 Å². The number of anilines is 2. The number of nitrogens with one attached hydrogen (secondary N) is 1. The molecule has 9 heteroatoms. The fourth-order valence-electron chi connectivity index (χ4n) is 2.70. The van der Waals surface area contributed by atoms with Crippen molar-refractivity contribution in [3.05, 3.63) is 59.3 Å². The Hall–Kier alpha value is -2.81. The normalized spacial score (nSPS) is 14.2. The molecule has 0 atom stereocenters. The molecule has 26 heavy (non-hydrogen) atoms. The fraction of sp³-hybridized carbons (Fsp3) is 0.176. The van der Waals surface area contributed by atoms with Gasteiger partial charge >= 0.3 is 0 Å². The molecular weight excluding hydrogens is 403 g/mol. The van der Waals surface area contributed by atoms with Crippen molar-refractivity contribution in [1.29, 1.82) is 0 Å². The monoisotopic (exact) mass is 416 g/mol. The average Bonchev–Trinajstić information content (AvgIpc) is 3.11. The van der Waals surface area contributed by atoms with Gasteiger partial charge in [-0.05, 0) is 24.3 Å². The van der Waals surface area contributed by atoms with Gasteiger partial charge in [0.15, 0.2) is 5.82 Å². The van der Waals surface area contributed by atoms with Crippen molar-refractivity contribution in [2.45, 2.75) is 0 Å². The number of benzene rings is 1. The predicted molar refractivity (Wildman–Crippen MR) is 97.6 cm³/mol. The van der Waals surface area contributed by atoms with Crippen LogP contribution in [0.25, 0.3) is 5.82 Å². The Morgan fingerprint density at radius 1 is 1.23 bits per heavy atom. The van der Waals surface area contributed by atoms with Gasteiger partial charge < -0.3 is 10.2 Å². The molecule has 4 rings (SSSR count). The summed E-state index contributed by atoms with van der Waals surface area (Å²) in [6.07, 6.45) is 4.94. The summed E-state index contributed by atoms with van der Waals surface area (Å²) in [5, 5.41) is 6.78. The zero-order valence-electron chi connectivity index (χ0n) is 13.5. The van der Waals surface area contributed by atoms with E-state index in [4.69, 9.17) is 0 Å². The van der Waals surface area contributed by atoms with Crippen LogP contribution in [0.3, 0.4) is 0 Å². The third-order valence-electron chi connectivity index (χ3n) is 4.14. The van der Waals surface area contributed by atoms with Gasteiger partial charge in [-0.15, -0.1) is 0 Å². The van der Waals surface area contributed by atoms with Crippen LogP contribution in [-0.4, -0.2) is 38.7 Å². The van der Waals surface area contributed by atoms with Crippen LogP contribution in [0.5, 0.6) is 0 Å². The lowest BCUT2D eigenvalue weighted by Crippen LogP contribution is -2.52. The summed E-state index contributed by atoms with van der Waals surface area (Å²) in [6.45, 7) is 1.03. The molecule has 2 aromatic heterocycles. The standard InChI is InChI=1S/C17H14BrFN6O/c18-12-2-3-14(13(19)6-12)23-17(26)11-8-24(9-11)15-7-16(21-10-20-15)25-5-1-4-22-25/h1-7,10-11H,8-9H2,(H,23,26). The maximum Gasteiger partial charge on any atom is 0.231 e. The van der Waals surface area contributed by atoms with Crippen molar-refractivity contribution >= 4 is 33.3 Å². The summed E-state index contributed by atoms with van der Waals surface area (Å²) < 4.78 is 16.1. The Morgan fingerprint density at radius 2 is 2.04 bits per heavy atom. The molecule has 1 fully saturated rings. The molecule has 7 nitrogen and oxygen atoms in total. The van der Waals surface area contributed by atoms with Gasteiger partial charge in [-0.3, -0.25) is 4.79 Å². The summed E-state index contributed by atoms with van der Waals surface area (Å²) in [4.78, 5) is 22.7. The van der Waals surface area contributed by atoms with Crippen molar-refractivity contribution in [2.75, 3.05) is 23.3 Å². The fourth-order valence-corrected chi connectivity index (χ4v) is 3.03. The Labute approximate surface area is 157 Å². The van der Waals surface area contributed by atoms with Crippen molar-refractivity contribution < 1.29 is 9.18 Å². The first-order valence-electron chi connectivity index (χ1n) is 7.93. The van der Waals surface area contributed by atoms with Crippen molar-refractivity contribution in [3.8, 4) is 5.82 Å². The zero-order chi connectivity index (χ0) is 18.1. The lowest BCUT2D eigenvalue weighted by Gasteiger charge is -2.39. The second kappa shape index (κ2) is 6.83. The Kier molecular flexibility index (Phi) is 4.37. The number of hydrogen-bond acceptors (Lipinski definition) is 5. The lowest BCUT2D eigenvalue weighted by molar-refractivity contribution is -0.120. The molecule has 0 saturated carbocycles. The molecule has 132 valence electrons. The van der Waals surface area contributed by atoms with E-state index < -0.39 is 5.82 Å². The Morgan fingerprint density at radius 3 is 2.77 bits per heavy atom. The summed E-state index contributed by atoms with van der Waals surface area (Å²) in [5.74, 6) is 0.489. The van der Waals surface area contributed by atoms with E-state index in [-0.39, 0.29) is 17.5 Å². The SMILES string of the molecule is O=C(Nc1ccc(Br)cc1F)C1CN(c2cc(-n3cccn3)ncn2)C1. The lowest BCUT2D eigenvalue weighted by atomic mass is 9.99. The molecule has 0 bridgehead atoms. The maximum atomic E-state index is 13.8. The van der Waals surface area contributed by atoms with Crippen molar-refractivity contribution in [1.82, 2.24) is 19.7 Å². The number of carbonyl (C=O) groups excluding carboxylic acids is 1. The molecule has 0 aliphatic carbocycles. The number of aromatic nitrogens is 4. The van der Waals surface area contributed by atoms with Crippen LogP contribution >= 0.6 is 15.9 Å². The molecular formula is C17H14BrFN6O. The molecule has 0 spiro atoms. The van der Waals surface area contributed by atoms with Gasteiger partial charge in [-0.2, -0.15) is 5.10 Å². The number of amides is 1. The highest BCUT2D eigenvalue weighted by Gasteiger charge is 2.34. The van der Waals surface area contributed by atoms with E-state index in [9.17, 15) is 9.18 Å². The van der Waals surface area contributed by atoms with E-state index in [1.165, 1.54) is 18.5 Å². The Bertz CT molecular complexity index is 942. The molecule has 1 saturated heterocycles. The molecule has 3 aromatic rings. The van der Waals surface area contributed by atoms with Crippen LogP contribution in [0.1, 0.15) is 0 Å². The number of rotatable bonds is 4. The van der Waals surface area contributed by atoms with Crippen molar-refractivity contribution in [3.63, 3.8) is 0 Å². The highest BCUT2D eigenvalue weighted by molar-refractivity contribution is 9.10. The van der Waals surface area contributed by atoms with Crippen LogP contribution in [-0.2, 0) is 4.79 Å². The summed E-state index contributed by atoms with van der Waals surface area (Å²) in [6, 6.07) is 8.17. The number of nitrogens with zero attached hydrogens (tertiary/aromatic N) is 5. The zero-order valence-corrected chi connectivity index (χ0v) is 15.1. The number of hydrogen-bond donors (Lipinski definition) is 1. The molecule has 1 amide bonds. The van der Waals surface area contributed by atoms with E-state index in [0.717, 1.165) is 5.82 Å². The predicted octanol–water partition coefficient (Wildman–Crippen LogP) is 2.64. The molecule has 0 radical (unpaired) electrons. The van der Waals surface area contributed by atoms with Crippen LogP contribution in [0.2, 0.25) is 0 Å². The molecule has 0 unspecified atom stereocenters. The summed E-state index contributed by atoms with van der Waals surface area (Å²) in [7, 11) is 0. The van der Waals surface area contributed by atoms with E-state index in [1.54, 1.807) is 23.1 Å².